The maximum atomic E-state index is 13.7. The molecular formula is C27H31N5O2S. The van der Waals surface area contributed by atoms with Gasteiger partial charge in [0.2, 0.25) is 0 Å². The first-order valence-corrected chi connectivity index (χ1v) is 13.0. The molecule has 4 heterocycles. The van der Waals surface area contributed by atoms with Gasteiger partial charge in [0.15, 0.2) is 0 Å². The summed E-state index contributed by atoms with van der Waals surface area (Å²) in [6.45, 7) is 7.34. The highest BCUT2D eigenvalue weighted by Crippen LogP contribution is 2.39. The van der Waals surface area contributed by atoms with Gasteiger partial charge < -0.3 is 4.90 Å². The van der Waals surface area contributed by atoms with Crippen molar-refractivity contribution in [1.82, 2.24) is 24.7 Å². The van der Waals surface area contributed by atoms with Crippen molar-refractivity contribution >= 4 is 23.3 Å². The molecule has 5 rings (SSSR count). The van der Waals surface area contributed by atoms with Crippen LogP contribution in [0.1, 0.15) is 37.3 Å². The summed E-state index contributed by atoms with van der Waals surface area (Å²) in [5.41, 5.74) is 1.11. The lowest BCUT2D eigenvalue weighted by Crippen LogP contribution is -2.57. The molecule has 0 saturated carbocycles. The van der Waals surface area contributed by atoms with Crippen molar-refractivity contribution < 1.29 is 9.59 Å². The Kier molecular flexibility index (Phi) is 6.67. The van der Waals surface area contributed by atoms with E-state index < -0.39 is 5.54 Å². The highest BCUT2D eigenvalue weighted by atomic mass is 32.1. The fourth-order valence-corrected chi connectivity index (χ4v) is 6.03. The smallest absolute Gasteiger partial charge is 0.309 e. The van der Waals surface area contributed by atoms with Crippen LogP contribution >= 0.6 is 11.3 Å². The Morgan fingerprint density at radius 2 is 1.71 bits per heavy atom. The van der Waals surface area contributed by atoms with E-state index in [4.69, 9.17) is 0 Å². The first-order valence-electron chi connectivity index (χ1n) is 12.2. The minimum atomic E-state index is -0.754. The lowest BCUT2D eigenvalue weighted by Gasteiger charge is -2.42. The van der Waals surface area contributed by atoms with E-state index >= 15 is 0 Å². The molecule has 0 radical (unpaired) electrons. The Labute approximate surface area is 210 Å². The van der Waals surface area contributed by atoms with Crippen molar-refractivity contribution in [2.75, 3.05) is 19.6 Å². The molecule has 1 aromatic carbocycles. The fourth-order valence-electron chi connectivity index (χ4n) is 5.07. The van der Waals surface area contributed by atoms with Crippen molar-refractivity contribution in [1.29, 1.82) is 0 Å². The van der Waals surface area contributed by atoms with Crippen LogP contribution in [0.15, 0.2) is 60.9 Å². The van der Waals surface area contributed by atoms with E-state index in [1.54, 1.807) is 17.5 Å². The molecule has 0 aliphatic carbocycles. The predicted octanol–water partition coefficient (Wildman–Crippen LogP) is 4.66. The van der Waals surface area contributed by atoms with Gasteiger partial charge in [0, 0.05) is 49.0 Å². The topological polar surface area (TPSA) is 69.6 Å². The van der Waals surface area contributed by atoms with Crippen LogP contribution in [0.5, 0.6) is 0 Å². The summed E-state index contributed by atoms with van der Waals surface area (Å²) in [5, 5.41) is 1.03. The predicted molar refractivity (Wildman–Crippen MR) is 137 cm³/mol. The van der Waals surface area contributed by atoms with Crippen molar-refractivity contribution in [2.45, 2.75) is 45.3 Å². The summed E-state index contributed by atoms with van der Waals surface area (Å²) in [4.78, 5) is 42.9. The second-order valence-corrected chi connectivity index (χ2v) is 10.9. The average Bonchev–Trinajstić information content (AvgIpc) is 3.41. The molecule has 2 aromatic heterocycles. The normalized spacial score (nSPS) is 18.3. The van der Waals surface area contributed by atoms with Crippen LogP contribution in [0.4, 0.5) is 4.79 Å². The van der Waals surface area contributed by atoms with E-state index in [0.29, 0.717) is 19.4 Å². The SMILES string of the molecule is CC(C)CN1C(=O)N(Cc2ccccn2)C(=O)C12CCN(Cc1cnc(-c3ccccc3)s1)CC2. The van der Waals surface area contributed by atoms with E-state index in [-0.39, 0.29) is 24.4 Å². The molecule has 0 bridgehead atoms. The number of imide groups is 1. The number of nitrogens with zero attached hydrogens (tertiary/aromatic N) is 5. The van der Waals surface area contributed by atoms with Gasteiger partial charge in [-0.25, -0.2) is 9.78 Å². The Balaban J connectivity index is 1.29. The van der Waals surface area contributed by atoms with E-state index in [1.807, 2.05) is 47.5 Å². The second-order valence-electron chi connectivity index (χ2n) is 9.80. The fraction of sp³-hybridized carbons (Fsp3) is 0.407. The monoisotopic (exact) mass is 489 g/mol. The number of thiazole rings is 1. The Morgan fingerprint density at radius 1 is 0.971 bits per heavy atom. The van der Waals surface area contributed by atoms with E-state index in [1.165, 1.54) is 9.78 Å². The third kappa shape index (κ3) is 4.73. The summed E-state index contributed by atoms with van der Waals surface area (Å²) in [6.07, 6.45) is 4.95. The molecule has 1 spiro atoms. The molecule has 3 amide bonds. The minimum Gasteiger partial charge on any atom is -0.309 e. The zero-order chi connectivity index (χ0) is 24.4. The maximum absolute atomic E-state index is 13.7. The van der Waals surface area contributed by atoms with Gasteiger partial charge in [0.05, 0.1) is 12.2 Å². The van der Waals surface area contributed by atoms with E-state index in [2.05, 4.69) is 40.8 Å². The number of hydrogen-bond acceptors (Lipinski definition) is 6. The number of hydrogen-bond donors (Lipinski definition) is 0. The van der Waals surface area contributed by atoms with Crippen LogP contribution in [-0.2, 0) is 17.9 Å². The molecule has 182 valence electrons. The lowest BCUT2D eigenvalue weighted by molar-refractivity contribution is -0.136. The van der Waals surface area contributed by atoms with Crippen LogP contribution in [0.2, 0.25) is 0 Å². The summed E-state index contributed by atoms with van der Waals surface area (Å²) in [5.74, 6) is 0.211. The number of urea groups is 1. The second kappa shape index (κ2) is 9.87. The van der Waals surface area contributed by atoms with Crippen molar-refractivity contribution in [3.05, 3.63) is 71.5 Å². The van der Waals surface area contributed by atoms with Crippen LogP contribution in [0, 0.1) is 5.92 Å². The van der Waals surface area contributed by atoms with E-state index in [9.17, 15) is 9.59 Å². The number of pyridine rings is 1. The number of amides is 3. The molecule has 8 heteroatoms. The third-order valence-electron chi connectivity index (χ3n) is 6.85. The van der Waals surface area contributed by atoms with Gasteiger partial charge in [-0.1, -0.05) is 50.2 Å². The van der Waals surface area contributed by atoms with Gasteiger partial charge >= 0.3 is 6.03 Å². The highest BCUT2D eigenvalue weighted by molar-refractivity contribution is 7.15. The van der Waals surface area contributed by atoms with Crippen molar-refractivity contribution in [3.8, 4) is 10.6 Å². The maximum Gasteiger partial charge on any atom is 0.328 e. The third-order valence-corrected chi connectivity index (χ3v) is 7.88. The zero-order valence-electron chi connectivity index (χ0n) is 20.3. The van der Waals surface area contributed by atoms with Crippen LogP contribution in [0.25, 0.3) is 10.6 Å². The van der Waals surface area contributed by atoms with Gasteiger partial charge in [-0.2, -0.15) is 0 Å². The van der Waals surface area contributed by atoms with Crippen LogP contribution in [-0.4, -0.2) is 61.8 Å². The van der Waals surface area contributed by atoms with Gasteiger partial charge in [0.1, 0.15) is 10.5 Å². The number of benzene rings is 1. The Morgan fingerprint density at radius 3 is 2.40 bits per heavy atom. The van der Waals surface area contributed by atoms with Gasteiger partial charge in [-0.3, -0.25) is 19.6 Å². The van der Waals surface area contributed by atoms with Crippen LogP contribution < -0.4 is 0 Å². The summed E-state index contributed by atoms with van der Waals surface area (Å²) < 4.78 is 0. The Bertz CT molecular complexity index is 1170. The Hall–Kier alpha value is -3.10. The summed E-state index contributed by atoms with van der Waals surface area (Å²) >= 11 is 1.72. The molecular weight excluding hydrogens is 458 g/mol. The summed E-state index contributed by atoms with van der Waals surface area (Å²) in [7, 11) is 0. The van der Waals surface area contributed by atoms with Gasteiger partial charge in [0.25, 0.3) is 5.91 Å². The number of likely N-dealkylation sites (tertiary alicyclic amines) is 1. The van der Waals surface area contributed by atoms with Crippen molar-refractivity contribution in [2.24, 2.45) is 5.92 Å². The van der Waals surface area contributed by atoms with E-state index in [0.717, 1.165) is 35.9 Å². The lowest BCUT2D eigenvalue weighted by atomic mass is 9.85. The molecule has 0 N–H and O–H groups in total. The molecule has 2 aliphatic heterocycles. The molecule has 2 fully saturated rings. The standard InChI is InChI=1S/C27H31N5O2S/c1-20(2)17-32-26(34)31(18-22-10-6-7-13-28-22)25(33)27(32)11-14-30(15-12-27)19-23-16-29-24(35-23)21-8-4-3-5-9-21/h3-10,13,16,20H,11-12,14-15,17-19H2,1-2H3. The molecule has 35 heavy (non-hydrogen) atoms. The van der Waals surface area contributed by atoms with Gasteiger partial charge in [-0.15, -0.1) is 11.3 Å². The molecule has 0 unspecified atom stereocenters. The first-order chi connectivity index (χ1) is 17.0. The average molecular weight is 490 g/mol. The summed E-state index contributed by atoms with van der Waals surface area (Å²) in [6, 6.07) is 15.6. The quantitative estimate of drug-likeness (QED) is 0.452. The largest absolute Gasteiger partial charge is 0.328 e. The number of carbonyl (C=O) groups is 2. The van der Waals surface area contributed by atoms with Crippen molar-refractivity contribution in [3.63, 3.8) is 0 Å². The van der Waals surface area contributed by atoms with Crippen LogP contribution in [0.3, 0.4) is 0 Å². The zero-order valence-corrected chi connectivity index (χ0v) is 21.1. The number of carbonyl (C=O) groups excluding carboxylic acids is 2. The highest BCUT2D eigenvalue weighted by Gasteiger charge is 2.57. The molecule has 0 atom stereocenters. The minimum absolute atomic E-state index is 0.0717. The van der Waals surface area contributed by atoms with Gasteiger partial charge in [-0.05, 0) is 30.9 Å². The first kappa shape index (κ1) is 23.6. The molecule has 3 aromatic rings. The number of rotatable bonds is 7. The molecule has 2 aliphatic rings. The number of aromatic nitrogens is 2. The number of piperidine rings is 1. The molecule has 7 nitrogen and oxygen atoms in total. The molecule has 2 saturated heterocycles.